The number of aromatic nitrogens is 2. The summed E-state index contributed by atoms with van der Waals surface area (Å²) in [6, 6.07) is 0.166. The number of aliphatic hydroxyl groups is 1. The number of aliphatic hydroxyl groups excluding tert-OH is 1. The molecule has 1 unspecified atom stereocenters. The maximum absolute atomic E-state index is 9.16. The summed E-state index contributed by atoms with van der Waals surface area (Å²) in [6.07, 6.45) is 3.05. The van der Waals surface area contributed by atoms with Crippen LogP contribution in [0.1, 0.15) is 29.6 Å². The summed E-state index contributed by atoms with van der Waals surface area (Å²) in [6.45, 7) is 7.13. The van der Waals surface area contributed by atoms with E-state index in [2.05, 4.69) is 34.7 Å². The van der Waals surface area contributed by atoms with Crippen molar-refractivity contribution in [2.75, 3.05) is 6.61 Å². The van der Waals surface area contributed by atoms with Gasteiger partial charge in [0.1, 0.15) is 0 Å². The van der Waals surface area contributed by atoms with Gasteiger partial charge in [0.05, 0.1) is 18.0 Å². The van der Waals surface area contributed by atoms with E-state index < -0.39 is 0 Å². The lowest BCUT2D eigenvalue weighted by Crippen LogP contribution is -2.31. The van der Waals surface area contributed by atoms with Crippen molar-refractivity contribution in [3.8, 4) is 0 Å². The van der Waals surface area contributed by atoms with E-state index in [1.54, 1.807) is 11.3 Å². The summed E-state index contributed by atoms with van der Waals surface area (Å²) in [7, 11) is 0. The third-order valence-electron chi connectivity index (χ3n) is 3.01. The normalized spacial score (nSPS) is 13.4. The third-order valence-corrected chi connectivity index (χ3v) is 3.91. The standard InChI is InChI=1S/C12H19N3OS/c1-4-10(7-16)13-5-11-9(3)14-12-15(11)6-8(2)17-12/h6,10,13,16H,4-5,7H2,1-3H3. The molecule has 0 spiro atoms. The second-order valence-electron chi connectivity index (χ2n) is 4.31. The molecule has 0 amide bonds. The molecule has 0 saturated carbocycles. The molecule has 0 bridgehead atoms. The largest absolute Gasteiger partial charge is 0.395 e. The molecule has 0 aliphatic rings. The molecule has 2 aromatic rings. The number of nitrogens with zero attached hydrogens (tertiary/aromatic N) is 2. The Morgan fingerprint density at radius 1 is 1.53 bits per heavy atom. The van der Waals surface area contributed by atoms with Crippen LogP contribution in [-0.2, 0) is 6.54 Å². The Hall–Kier alpha value is -0.910. The minimum atomic E-state index is 0.166. The molecule has 2 N–H and O–H groups in total. The quantitative estimate of drug-likeness (QED) is 0.855. The molecule has 0 saturated heterocycles. The minimum Gasteiger partial charge on any atom is -0.395 e. The number of aryl methyl sites for hydroxylation is 2. The van der Waals surface area contributed by atoms with Crippen LogP contribution in [0.4, 0.5) is 0 Å². The van der Waals surface area contributed by atoms with Crippen molar-refractivity contribution in [2.45, 2.75) is 39.8 Å². The lowest BCUT2D eigenvalue weighted by molar-refractivity contribution is 0.238. The molecule has 1 atom stereocenters. The highest BCUT2D eigenvalue weighted by Crippen LogP contribution is 2.20. The minimum absolute atomic E-state index is 0.166. The molecule has 0 radical (unpaired) electrons. The van der Waals surface area contributed by atoms with Crippen molar-refractivity contribution in [3.05, 3.63) is 22.5 Å². The van der Waals surface area contributed by atoms with Gasteiger partial charge < -0.3 is 10.4 Å². The first kappa shape index (κ1) is 12.5. The average molecular weight is 253 g/mol. The smallest absolute Gasteiger partial charge is 0.194 e. The molecule has 0 fully saturated rings. The Bertz CT molecular complexity index is 499. The average Bonchev–Trinajstić information content (AvgIpc) is 2.77. The first-order chi connectivity index (χ1) is 8.15. The van der Waals surface area contributed by atoms with Crippen LogP contribution in [0.15, 0.2) is 6.20 Å². The monoisotopic (exact) mass is 253 g/mol. The molecular weight excluding hydrogens is 234 g/mol. The lowest BCUT2D eigenvalue weighted by Gasteiger charge is -2.13. The van der Waals surface area contributed by atoms with Gasteiger partial charge in [-0.3, -0.25) is 4.40 Å². The van der Waals surface area contributed by atoms with Crippen molar-refractivity contribution < 1.29 is 5.11 Å². The van der Waals surface area contributed by atoms with E-state index in [4.69, 9.17) is 5.11 Å². The van der Waals surface area contributed by atoms with E-state index in [1.807, 2.05) is 6.92 Å². The van der Waals surface area contributed by atoms with Crippen LogP contribution in [0, 0.1) is 13.8 Å². The van der Waals surface area contributed by atoms with Crippen molar-refractivity contribution >= 4 is 16.3 Å². The van der Waals surface area contributed by atoms with Crippen LogP contribution in [0.2, 0.25) is 0 Å². The fourth-order valence-electron chi connectivity index (χ4n) is 1.90. The van der Waals surface area contributed by atoms with Crippen molar-refractivity contribution in [3.63, 3.8) is 0 Å². The number of rotatable bonds is 5. The molecule has 17 heavy (non-hydrogen) atoms. The maximum atomic E-state index is 9.16. The second kappa shape index (κ2) is 5.16. The van der Waals surface area contributed by atoms with Crippen molar-refractivity contribution in [1.29, 1.82) is 0 Å². The predicted molar refractivity (Wildman–Crippen MR) is 70.5 cm³/mol. The number of hydrogen-bond donors (Lipinski definition) is 2. The fourth-order valence-corrected chi connectivity index (χ4v) is 2.79. The van der Waals surface area contributed by atoms with Gasteiger partial charge in [0.15, 0.2) is 4.96 Å². The number of nitrogens with one attached hydrogen (secondary N) is 1. The Balaban J connectivity index is 2.19. The molecule has 2 aromatic heterocycles. The van der Waals surface area contributed by atoms with Gasteiger partial charge in [-0.2, -0.15) is 0 Å². The number of hydrogen-bond acceptors (Lipinski definition) is 4. The Morgan fingerprint density at radius 3 is 2.94 bits per heavy atom. The van der Waals surface area contributed by atoms with Gasteiger partial charge >= 0.3 is 0 Å². The van der Waals surface area contributed by atoms with E-state index in [1.165, 1.54) is 10.6 Å². The van der Waals surface area contributed by atoms with Gasteiger partial charge in [0.2, 0.25) is 0 Å². The lowest BCUT2D eigenvalue weighted by atomic mass is 10.2. The van der Waals surface area contributed by atoms with E-state index in [-0.39, 0.29) is 12.6 Å². The van der Waals surface area contributed by atoms with E-state index in [0.29, 0.717) is 0 Å². The van der Waals surface area contributed by atoms with Crippen LogP contribution >= 0.6 is 11.3 Å². The first-order valence-corrected chi connectivity index (χ1v) is 6.75. The number of thiazole rings is 1. The van der Waals surface area contributed by atoms with Crippen LogP contribution < -0.4 is 5.32 Å². The molecule has 5 heteroatoms. The zero-order chi connectivity index (χ0) is 12.4. The number of imidazole rings is 1. The summed E-state index contributed by atoms with van der Waals surface area (Å²) < 4.78 is 2.15. The second-order valence-corrected chi connectivity index (χ2v) is 5.52. The molecule has 0 aromatic carbocycles. The zero-order valence-corrected chi connectivity index (χ0v) is 11.3. The maximum Gasteiger partial charge on any atom is 0.194 e. The first-order valence-electron chi connectivity index (χ1n) is 5.94. The van der Waals surface area contributed by atoms with Crippen LogP contribution in [0.25, 0.3) is 4.96 Å². The molecule has 0 aliphatic heterocycles. The summed E-state index contributed by atoms with van der Waals surface area (Å²) in [5.74, 6) is 0. The van der Waals surface area contributed by atoms with E-state index in [0.717, 1.165) is 23.6 Å². The van der Waals surface area contributed by atoms with Gasteiger partial charge in [-0.15, -0.1) is 11.3 Å². The van der Waals surface area contributed by atoms with Gasteiger partial charge in [-0.1, -0.05) is 6.92 Å². The molecule has 4 nitrogen and oxygen atoms in total. The highest BCUT2D eigenvalue weighted by atomic mass is 32.1. The molecule has 94 valence electrons. The molecule has 2 heterocycles. The predicted octanol–water partition coefficient (Wildman–Crippen LogP) is 1.87. The Morgan fingerprint density at radius 2 is 2.29 bits per heavy atom. The third kappa shape index (κ3) is 2.51. The van der Waals surface area contributed by atoms with Crippen LogP contribution in [-0.4, -0.2) is 27.1 Å². The molecule has 2 rings (SSSR count). The number of fused-ring (bicyclic) bond motifs is 1. The summed E-state index contributed by atoms with van der Waals surface area (Å²) in [5.41, 5.74) is 2.26. The zero-order valence-electron chi connectivity index (χ0n) is 10.5. The van der Waals surface area contributed by atoms with Crippen molar-refractivity contribution in [1.82, 2.24) is 14.7 Å². The molecular formula is C12H19N3OS. The summed E-state index contributed by atoms with van der Waals surface area (Å²) in [4.78, 5) is 6.86. The van der Waals surface area contributed by atoms with Crippen molar-refractivity contribution in [2.24, 2.45) is 0 Å². The van der Waals surface area contributed by atoms with Crippen LogP contribution in [0.3, 0.4) is 0 Å². The molecule has 0 aliphatic carbocycles. The summed E-state index contributed by atoms with van der Waals surface area (Å²) >= 11 is 1.71. The Labute approximate surface area is 105 Å². The fraction of sp³-hybridized carbons (Fsp3) is 0.583. The Kier molecular flexibility index (Phi) is 3.81. The topological polar surface area (TPSA) is 49.6 Å². The van der Waals surface area contributed by atoms with Gasteiger partial charge in [0, 0.05) is 23.7 Å². The van der Waals surface area contributed by atoms with Crippen LogP contribution in [0.5, 0.6) is 0 Å². The highest BCUT2D eigenvalue weighted by molar-refractivity contribution is 7.17. The van der Waals surface area contributed by atoms with Gasteiger partial charge in [-0.25, -0.2) is 4.98 Å². The van der Waals surface area contributed by atoms with Gasteiger partial charge in [-0.05, 0) is 20.3 Å². The van der Waals surface area contributed by atoms with E-state index >= 15 is 0 Å². The highest BCUT2D eigenvalue weighted by Gasteiger charge is 2.12. The van der Waals surface area contributed by atoms with Gasteiger partial charge in [0.25, 0.3) is 0 Å². The summed E-state index contributed by atoms with van der Waals surface area (Å²) in [5, 5.41) is 12.5. The van der Waals surface area contributed by atoms with E-state index in [9.17, 15) is 0 Å². The SMILES string of the molecule is CCC(CO)NCc1c(C)nc2sc(C)cn12.